The highest BCUT2D eigenvalue weighted by Gasteiger charge is 2.10. The lowest BCUT2D eigenvalue weighted by Gasteiger charge is -2.14. The van der Waals surface area contributed by atoms with Gasteiger partial charge in [0.15, 0.2) is 0 Å². The normalized spacial score (nSPS) is 15.0. The molecule has 0 amide bonds. The summed E-state index contributed by atoms with van der Waals surface area (Å²) in [5, 5.41) is 0. The maximum atomic E-state index is 6.14. The molecule has 0 radical (unpaired) electrons. The van der Waals surface area contributed by atoms with Crippen molar-refractivity contribution in [2.75, 3.05) is 25.4 Å². The average molecular weight is 310 g/mol. The molecule has 2 aromatic rings. The van der Waals surface area contributed by atoms with Gasteiger partial charge in [-0.25, -0.2) is 0 Å². The lowest BCUT2D eigenvalue weighted by molar-refractivity contribution is 0.308. The molecule has 1 aliphatic rings. The number of likely N-dealkylation sites (tertiary alicyclic amines) is 1. The average Bonchev–Trinajstić information content (AvgIpc) is 3.08. The smallest absolute Gasteiger partial charge is 0.142 e. The molecule has 0 aromatic heterocycles. The second kappa shape index (κ2) is 8.02. The van der Waals surface area contributed by atoms with Gasteiger partial charge in [0.25, 0.3) is 0 Å². The minimum atomic E-state index is 0.555. The van der Waals surface area contributed by atoms with E-state index in [1.807, 2.05) is 24.3 Å². The first kappa shape index (κ1) is 15.9. The van der Waals surface area contributed by atoms with Crippen molar-refractivity contribution in [2.45, 2.75) is 32.3 Å². The Morgan fingerprint density at radius 3 is 2.48 bits per heavy atom. The summed E-state index contributed by atoms with van der Waals surface area (Å²) in [5.74, 6) is 0.775. The van der Waals surface area contributed by atoms with Gasteiger partial charge in [-0.3, -0.25) is 0 Å². The van der Waals surface area contributed by atoms with E-state index in [9.17, 15) is 0 Å². The van der Waals surface area contributed by atoms with E-state index in [1.165, 1.54) is 44.5 Å². The standard InChI is InChI=1S/C20H26N2O/c21-19-15-17(9-6-14-22-12-4-5-13-22)10-11-20(19)23-16-18-7-2-1-3-8-18/h1-3,7-8,10-11,15H,4-6,9,12-14,16,21H2. The maximum Gasteiger partial charge on any atom is 0.142 e. The molecule has 0 bridgehead atoms. The quantitative estimate of drug-likeness (QED) is 0.789. The van der Waals surface area contributed by atoms with Gasteiger partial charge in [0.2, 0.25) is 0 Å². The third-order valence-corrected chi connectivity index (χ3v) is 4.45. The predicted molar refractivity (Wildman–Crippen MR) is 95.6 cm³/mol. The van der Waals surface area contributed by atoms with Gasteiger partial charge in [0.1, 0.15) is 12.4 Å². The lowest BCUT2D eigenvalue weighted by Crippen LogP contribution is -2.20. The maximum absolute atomic E-state index is 6.14. The molecule has 2 aromatic carbocycles. The van der Waals surface area contributed by atoms with Crippen molar-refractivity contribution in [2.24, 2.45) is 0 Å². The number of ether oxygens (including phenoxy) is 1. The van der Waals surface area contributed by atoms with Gasteiger partial charge >= 0.3 is 0 Å². The largest absolute Gasteiger partial charge is 0.487 e. The molecule has 1 saturated heterocycles. The molecule has 0 atom stereocenters. The minimum absolute atomic E-state index is 0.555. The number of nitrogens with zero attached hydrogens (tertiary/aromatic N) is 1. The van der Waals surface area contributed by atoms with Crippen molar-refractivity contribution in [3.63, 3.8) is 0 Å². The zero-order valence-corrected chi connectivity index (χ0v) is 13.7. The molecule has 3 heteroatoms. The van der Waals surface area contributed by atoms with Gasteiger partial charge in [-0.15, -0.1) is 0 Å². The molecule has 2 N–H and O–H groups in total. The Kier molecular flexibility index (Phi) is 5.54. The van der Waals surface area contributed by atoms with Gasteiger partial charge in [-0.05, 0) is 68.6 Å². The first-order chi connectivity index (χ1) is 11.3. The van der Waals surface area contributed by atoms with Crippen molar-refractivity contribution < 1.29 is 4.74 Å². The van der Waals surface area contributed by atoms with Crippen LogP contribution in [0.2, 0.25) is 0 Å². The van der Waals surface area contributed by atoms with Gasteiger partial charge < -0.3 is 15.4 Å². The van der Waals surface area contributed by atoms with Crippen LogP contribution in [0.15, 0.2) is 48.5 Å². The third-order valence-electron chi connectivity index (χ3n) is 4.45. The highest BCUT2D eigenvalue weighted by atomic mass is 16.5. The molecule has 122 valence electrons. The Hall–Kier alpha value is -2.00. The molecule has 1 aliphatic heterocycles. The molecule has 3 rings (SSSR count). The molecule has 3 nitrogen and oxygen atoms in total. The zero-order chi connectivity index (χ0) is 15.9. The van der Waals surface area contributed by atoms with Crippen molar-refractivity contribution in [1.29, 1.82) is 0 Å². The van der Waals surface area contributed by atoms with Crippen LogP contribution in [-0.4, -0.2) is 24.5 Å². The first-order valence-corrected chi connectivity index (χ1v) is 8.59. The zero-order valence-electron chi connectivity index (χ0n) is 13.7. The fraction of sp³-hybridized carbons (Fsp3) is 0.400. The molecule has 23 heavy (non-hydrogen) atoms. The molecule has 1 heterocycles. The number of nitrogens with two attached hydrogens (primary N) is 1. The number of benzene rings is 2. The Balaban J connectivity index is 1.49. The Labute approximate surface area is 139 Å². The number of anilines is 1. The summed E-state index contributed by atoms with van der Waals surface area (Å²) in [6.45, 7) is 4.30. The summed E-state index contributed by atoms with van der Waals surface area (Å²) in [6.07, 6.45) is 5.00. The highest BCUT2D eigenvalue weighted by molar-refractivity contribution is 5.54. The van der Waals surface area contributed by atoms with Crippen LogP contribution in [-0.2, 0) is 13.0 Å². The van der Waals surface area contributed by atoms with Crippen LogP contribution >= 0.6 is 0 Å². The van der Waals surface area contributed by atoms with E-state index < -0.39 is 0 Å². The fourth-order valence-corrected chi connectivity index (χ4v) is 3.13. The molecule has 0 spiro atoms. The minimum Gasteiger partial charge on any atom is -0.487 e. The van der Waals surface area contributed by atoms with E-state index in [0.717, 1.165) is 23.4 Å². The number of rotatable bonds is 7. The summed E-state index contributed by atoms with van der Waals surface area (Å²) in [6, 6.07) is 16.4. The van der Waals surface area contributed by atoms with Gasteiger partial charge in [-0.2, -0.15) is 0 Å². The number of nitrogen functional groups attached to an aromatic ring is 1. The van der Waals surface area contributed by atoms with Crippen molar-refractivity contribution in [3.05, 3.63) is 59.7 Å². The fourth-order valence-electron chi connectivity index (χ4n) is 3.13. The summed E-state index contributed by atoms with van der Waals surface area (Å²) < 4.78 is 5.83. The number of hydrogen-bond donors (Lipinski definition) is 1. The van der Waals surface area contributed by atoms with Gasteiger partial charge in [-0.1, -0.05) is 36.4 Å². The monoisotopic (exact) mass is 310 g/mol. The lowest BCUT2D eigenvalue weighted by atomic mass is 10.1. The Morgan fingerprint density at radius 1 is 0.957 bits per heavy atom. The van der Waals surface area contributed by atoms with E-state index in [2.05, 4.69) is 29.2 Å². The molecular weight excluding hydrogens is 284 g/mol. The van der Waals surface area contributed by atoms with Crippen molar-refractivity contribution in [1.82, 2.24) is 4.90 Å². The SMILES string of the molecule is Nc1cc(CCCN2CCCC2)ccc1OCc1ccccc1. The van der Waals surface area contributed by atoms with Crippen LogP contribution in [0.3, 0.4) is 0 Å². The van der Waals surface area contributed by atoms with E-state index >= 15 is 0 Å². The highest BCUT2D eigenvalue weighted by Crippen LogP contribution is 2.24. The summed E-state index contributed by atoms with van der Waals surface area (Å²) in [5.41, 5.74) is 9.33. The van der Waals surface area contributed by atoms with Crippen LogP contribution in [0.1, 0.15) is 30.4 Å². The van der Waals surface area contributed by atoms with E-state index in [4.69, 9.17) is 10.5 Å². The van der Waals surface area contributed by atoms with Crippen molar-refractivity contribution >= 4 is 5.69 Å². The van der Waals surface area contributed by atoms with E-state index in [0.29, 0.717) is 6.61 Å². The van der Waals surface area contributed by atoms with Crippen LogP contribution in [0.25, 0.3) is 0 Å². The number of aryl methyl sites for hydroxylation is 1. The summed E-state index contributed by atoms with van der Waals surface area (Å²) in [4.78, 5) is 2.56. The predicted octanol–water partition coefficient (Wildman–Crippen LogP) is 3.88. The van der Waals surface area contributed by atoms with E-state index in [1.54, 1.807) is 0 Å². The van der Waals surface area contributed by atoms with Crippen LogP contribution in [0, 0.1) is 0 Å². The van der Waals surface area contributed by atoms with Gasteiger partial charge in [0.05, 0.1) is 5.69 Å². The summed E-state index contributed by atoms with van der Waals surface area (Å²) in [7, 11) is 0. The molecule has 0 saturated carbocycles. The van der Waals surface area contributed by atoms with Crippen LogP contribution in [0.4, 0.5) is 5.69 Å². The summed E-state index contributed by atoms with van der Waals surface area (Å²) >= 11 is 0. The second-order valence-corrected chi connectivity index (χ2v) is 6.30. The topological polar surface area (TPSA) is 38.5 Å². The van der Waals surface area contributed by atoms with Crippen LogP contribution in [0.5, 0.6) is 5.75 Å². The molecule has 0 unspecified atom stereocenters. The Morgan fingerprint density at radius 2 is 1.74 bits per heavy atom. The molecule has 0 aliphatic carbocycles. The number of hydrogen-bond acceptors (Lipinski definition) is 3. The van der Waals surface area contributed by atoms with Crippen molar-refractivity contribution in [3.8, 4) is 5.75 Å². The van der Waals surface area contributed by atoms with Crippen LogP contribution < -0.4 is 10.5 Å². The van der Waals surface area contributed by atoms with E-state index in [-0.39, 0.29) is 0 Å². The Bertz CT molecular complexity index is 606. The second-order valence-electron chi connectivity index (χ2n) is 6.30. The third kappa shape index (κ3) is 4.73. The molecule has 1 fully saturated rings. The molecular formula is C20H26N2O. The first-order valence-electron chi connectivity index (χ1n) is 8.59. The van der Waals surface area contributed by atoms with Gasteiger partial charge in [0, 0.05) is 0 Å².